The predicted molar refractivity (Wildman–Crippen MR) is 268 cm³/mol. The Bertz CT molecular complexity index is 3020. The van der Waals surface area contributed by atoms with E-state index in [4.69, 9.17) is 33.4 Å². The van der Waals surface area contributed by atoms with E-state index in [0.29, 0.717) is 54.9 Å². The summed E-state index contributed by atoms with van der Waals surface area (Å²) >= 11 is 0. The van der Waals surface area contributed by atoms with Gasteiger partial charge in [-0.25, -0.2) is 18.6 Å². The van der Waals surface area contributed by atoms with E-state index in [2.05, 4.69) is 9.97 Å². The molecule has 0 N–H and O–H groups in total. The largest absolute Gasteiger partial charge is 0.497 e. The standard InChI is InChI=1S/C56H59F5N6O7/c1-31-44(56(59,60)61)39(26-41(45(31)57)65(27-33-14-19-37(69-7)20-15-33)28-34-16-21-38(70-8)22-17-34)47-46(58)48-43-50(64-52(63-48)73-55(6)25-24-42(55)71-30-35-12-10-9-11-13-35)66-29-36-18-23-40(49(66)32(2)72-51(43)62-47)67(36)53(68)74-54(3,4)5/h9-17,19-22,26,32,36,40,42,49H,18,23-25,27-30H2,1-8H3/t32-,36+,40-,42-,49+,55+/m0/s1. The third-order valence-corrected chi connectivity index (χ3v) is 14.7. The van der Waals surface area contributed by atoms with Crippen LogP contribution in [0, 0.1) is 18.6 Å². The molecule has 0 radical (unpaired) electrons. The van der Waals surface area contributed by atoms with Gasteiger partial charge < -0.3 is 38.2 Å². The number of benzene rings is 4. The maximum absolute atomic E-state index is 18.2. The van der Waals surface area contributed by atoms with Crippen LogP contribution in [-0.2, 0) is 35.3 Å². The van der Waals surface area contributed by atoms with Gasteiger partial charge in [0.15, 0.2) is 5.82 Å². The summed E-state index contributed by atoms with van der Waals surface area (Å²) in [5.41, 5.74) is -3.73. The van der Waals surface area contributed by atoms with Crippen LogP contribution in [0.5, 0.6) is 23.4 Å². The molecule has 5 heterocycles. The fraction of sp³-hybridized carbons (Fsp3) is 0.429. The monoisotopic (exact) mass is 1020 g/mol. The van der Waals surface area contributed by atoms with Crippen LogP contribution in [0.3, 0.4) is 0 Å². The van der Waals surface area contributed by atoms with Crippen molar-refractivity contribution in [3.05, 3.63) is 124 Å². The number of anilines is 2. The van der Waals surface area contributed by atoms with E-state index < -0.39 is 87.3 Å². The van der Waals surface area contributed by atoms with Crippen LogP contribution >= 0.6 is 0 Å². The van der Waals surface area contributed by atoms with Crippen molar-refractivity contribution in [2.75, 3.05) is 30.6 Å². The Morgan fingerprint density at radius 2 is 1.50 bits per heavy atom. The van der Waals surface area contributed by atoms with Crippen molar-refractivity contribution in [1.29, 1.82) is 0 Å². The van der Waals surface area contributed by atoms with E-state index in [0.717, 1.165) is 18.6 Å². The van der Waals surface area contributed by atoms with E-state index in [1.165, 1.54) is 14.2 Å². The number of aromatic nitrogens is 3. The molecule has 2 aromatic heterocycles. The highest BCUT2D eigenvalue weighted by atomic mass is 19.4. The van der Waals surface area contributed by atoms with E-state index in [1.807, 2.05) is 42.2 Å². The number of alkyl halides is 3. The Hall–Kier alpha value is -6.95. The minimum Gasteiger partial charge on any atom is -0.497 e. The third-order valence-electron chi connectivity index (χ3n) is 14.7. The Kier molecular flexibility index (Phi) is 13.3. The number of carbonyl (C=O) groups excluding carboxylic acids is 1. The molecule has 3 aliphatic heterocycles. The molecular formula is C56H59F5N6O7. The van der Waals surface area contributed by atoms with Gasteiger partial charge in [-0.1, -0.05) is 54.6 Å². The lowest BCUT2D eigenvalue weighted by Crippen LogP contribution is -2.65. The van der Waals surface area contributed by atoms with E-state index in [9.17, 15) is 4.79 Å². The van der Waals surface area contributed by atoms with Gasteiger partial charge >= 0.3 is 18.3 Å². The Balaban J connectivity index is 1.14. The second-order valence-electron chi connectivity index (χ2n) is 20.8. The molecule has 6 atom stereocenters. The molecule has 1 saturated carbocycles. The lowest BCUT2D eigenvalue weighted by atomic mass is 9.78. The fourth-order valence-electron chi connectivity index (χ4n) is 11.0. The molecule has 3 fully saturated rings. The highest BCUT2D eigenvalue weighted by Crippen LogP contribution is 2.50. The molecule has 18 heteroatoms. The maximum Gasteiger partial charge on any atom is 0.417 e. The Morgan fingerprint density at radius 1 is 0.851 bits per heavy atom. The summed E-state index contributed by atoms with van der Waals surface area (Å²) in [4.78, 5) is 33.5. The number of rotatable bonds is 13. The Morgan fingerprint density at radius 3 is 2.08 bits per heavy atom. The highest BCUT2D eigenvalue weighted by molar-refractivity contribution is 5.98. The summed E-state index contributed by atoms with van der Waals surface area (Å²) in [6, 6.07) is 23.0. The second kappa shape index (κ2) is 19.4. The number of pyridine rings is 1. The number of nitrogens with zero attached hydrogens (tertiary/aromatic N) is 6. The van der Waals surface area contributed by atoms with Crippen LogP contribution in [0.2, 0.25) is 0 Å². The molecule has 1 aliphatic carbocycles. The SMILES string of the molecule is COc1ccc(CN(Cc2ccc(OC)cc2)c2cc(-c3nc4c5c(nc(O[C@]6(C)CC[C@@H]6OCc6ccccc6)nc5c3F)N3C[C@H]5CC[C@@H]([C@H]3[C@H](C)O4)N5C(=O)OC(C)(C)C)c(C(F)(F)F)c(C)c2F)cc1. The minimum atomic E-state index is -5.19. The van der Waals surface area contributed by atoms with Crippen LogP contribution in [0.4, 0.5) is 38.3 Å². The number of halogens is 5. The fourth-order valence-corrected chi connectivity index (χ4v) is 11.0. The molecule has 10 rings (SSSR count). The van der Waals surface area contributed by atoms with Gasteiger partial charge in [0.2, 0.25) is 5.88 Å². The molecular weight excluding hydrogens is 964 g/mol. The Labute approximate surface area is 426 Å². The molecule has 13 nitrogen and oxygen atoms in total. The van der Waals surface area contributed by atoms with Gasteiger partial charge in [-0.15, -0.1) is 0 Å². The molecule has 0 unspecified atom stereocenters. The first kappa shape index (κ1) is 50.6. The van der Waals surface area contributed by atoms with Crippen molar-refractivity contribution in [3.8, 4) is 34.6 Å². The topological polar surface area (TPSA) is 121 Å². The lowest BCUT2D eigenvalue weighted by Gasteiger charge is -2.48. The zero-order valence-electron chi connectivity index (χ0n) is 42.6. The van der Waals surface area contributed by atoms with E-state index in [-0.39, 0.29) is 54.5 Å². The van der Waals surface area contributed by atoms with Crippen molar-refractivity contribution < 1.29 is 55.2 Å². The number of hydrogen-bond acceptors (Lipinski definition) is 12. The third kappa shape index (κ3) is 9.56. The van der Waals surface area contributed by atoms with Crippen LogP contribution in [0.25, 0.3) is 22.2 Å². The van der Waals surface area contributed by atoms with E-state index >= 15 is 22.0 Å². The molecule has 6 aromatic rings. The van der Waals surface area contributed by atoms with E-state index in [1.54, 1.807) is 86.0 Å². The second-order valence-corrected chi connectivity index (χ2v) is 20.8. The van der Waals surface area contributed by atoms with Crippen molar-refractivity contribution in [2.24, 2.45) is 0 Å². The molecule has 0 spiro atoms. The number of carbonyl (C=O) groups is 1. The van der Waals surface area contributed by atoms with Gasteiger partial charge in [-0.05, 0) is 120 Å². The first-order valence-corrected chi connectivity index (χ1v) is 24.9. The summed E-state index contributed by atoms with van der Waals surface area (Å²) in [5, 5.41) is 0.0157. The lowest BCUT2D eigenvalue weighted by molar-refractivity contribution is -0.154. The number of methoxy groups -OCH3 is 2. The highest BCUT2D eigenvalue weighted by Gasteiger charge is 2.54. The summed E-state index contributed by atoms with van der Waals surface area (Å²) in [5.74, 6) is -1.26. The van der Waals surface area contributed by atoms with Crippen LogP contribution < -0.4 is 28.7 Å². The summed E-state index contributed by atoms with van der Waals surface area (Å²) in [6.07, 6.45) is -4.48. The van der Waals surface area contributed by atoms with Crippen molar-refractivity contribution >= 4 is 28.5 Å². The van der Waals surface area contributed by atoms with Gasteiger partial charge in [0.1, 0.15) is 57.0 Å². The van der Waals surface area contributed by atoms with Gasteiger partial charge in [0, 0.05) is 25.2 Å². The summed E-state index contributed by atoms with van der Waals surface area (Å²) in [6.45, 7) is 10.6. The zero-order chi connectivity index (χ0) is 52.4. The molecule has 390 valence electrons. The number of piperazine rings is 1. The molecule has 2 bridgehead atoms. The molecule has 1 amide bonds. The van der Waals surface area contributed by atoms with Crippen LogP contribution in [-0.4, -0.2) is 88.2 Å². The molecule has 4 aliphatic rings. The zero-order valence-corrected chi connectivity index (χ0v) is 42.6. The summed E-state index contributed by atoms with van der Waals surface area (Å²) in [7, 11) is 3.05. The number of amides is 1. The van der Waals surface area contributed by atoms with Crippen molar-refractivity contribution in [1.82, 2.24) is 19.9 Å². The number of hydrogen-bond donors (Lipinski definition) is 0. The minimum absolute atomic E-state index is 0.0157. The quantitative estimate of drug-likeness (QED) is 0.102. The first-order chi connectivity index (χ1) is 35.2. The smallest absolute Gasteiger partial charge is 0.417 e. The normalized spacial score (nSPS) is 22.1. The summed E-state index contributed by atoms with van der Waals surface area (Å²) < 4.78 is 119. The average Bonchev–Trinajstić information content (AvgIpc) is 3.61. The van der Waals surface area contributed by atoms with Gasteiger partial charge in [0.05, 0.1) is 56.3 Å². The van der Waals surface area contributed by atoms with Crippen molar-refractivity contribution in [2.45, 2.75) is 135 Å². The number of fused-ring (bicyclic) bond motifs is 5. The first-order valence-electron chi connectivity index (χ1n) is 24.9. The number of ether oxygens (including phenoxy) is 6. The van der Waals surface area contributed by atoms with Crippen LogP contribution in [0.1, 0.15) is 88.1 Å². The molecule has 74 heavy (non-hydrogen) atoms. The molecule has 2 saturated heterocycles. The van der Waals surface area contributed by atoms with Crippen molar-refractivity contribution in [3.63, 3.8) is 0 Å². The maximum atomic E-state index is 18.2. The average molecular weight is 1020 g/mol. The van der Waals surface area contributed by atoms with Gasteiger partial charge in [-0.3, -0.25) is 4.90 Å². The molecule has 4 aromatic carbocycles. The van der Waals surface area contributed by atoms with Crippen LogP contribution in [0.15, 0.2) is 84.9 Å². The van der Waals surface area contributed by atoms with Gasteiger partial charge in [-0.2, -0.15) is 23.1 Å². The predicted octanol–water partition coefficient (Wildman–Crippen LogP) is 11.8. The van der Waals surface area contributed by atoms with Gasteiger partial charge in [0.25, 0.3) is 0 Å².